The van der Waals surface area contributed by atoms with Crippen LogP contribution in [0.2, 0.25) is 0 Å². The number of nitrogens with zero attached hydrogens (tertiary/aromatic N) is 3. The van der Waals surface area contributed by atoms with E-state index in [1.807, 2.05) is 62.4 Å². The van der Waals surface area contributed by atoms with Crippen molar-refractivity contribution in [3.8, 4) is 22.9 Å². The van der Waals surface area contributed by atoms with Crippen molar-refractivity contribution in [3.05, 3.63) is 112 Å². The second-order valence-corrected chi connectivity index (χ2v) is 9.89. The first-order valence-electron chi connectivity index (χ1n) is 13.6. The normalized spacial score (nSPS) is 11.7. The molecule has 1 unspecified atom stereocenters. The van der Waals surface area contributed by atoms with E-state index >= 15 is 0 Å². The molecule has 0 aliphatic carbocycles. The Labute approximate surface area is 243 Å². The largest absolute Gasteiger partial charge is 0.495 e. The summed E-state index contributed by atoms with van der Waals surface area (Å²) >= 11 is 0. The number of hydrogen-bond donors (Lipinski definition) is 0. The van der Waals surface area contributed by atoms with Gasteiger partial charge >= 0.3 is 0 Å². The van der Waals surface area contributed by atoms with Gasteiger partial charge in [-0.3, -0.25) is 14.2 Å². The molecule has 0 saturated carbocycles. The van der Waals surface area contributed by atoms with Crippen molar-refractivity contribution in [2.45, 2.75) is 26.3 Å². The van der Waals surface area contributed by atoms with E-state index in [0.29, 0.717) is 52.6 Å². The van der Waals surface area contributed by atoms with E-state index in [9.17, 15) is 9.59 Å². The van der Waals surface area contributed by atoms with E-state index in [0.717, 1.165) is 11.1 Å². The molecule has 0 N–H and O–H groups in total. The molecule has 3 aromatic carbocycles. The zero-order valence-electron chi connectivity index (χ0n) is 24.3. The predicted octanol–water partition coefficient (Wildman–Crippen LogP) is 5.76. The molecule has 9 heteroatoms. The molecule has 0 fully saturated rings. The number of furan rings is 1. The van der Waals surface area contributed by atoms with Crippen LogP contribution in [0.3, 0.4) is 0 Å². The van der Waals surface area contributed by atoms with Crippen molar-refractivity contribution in [2.75, 3.05) is 27.9 Å². The number of carbonyl (C=O) groups is 1. The maximum Gasteiger partial charge on any atom is 0.290 e. The second-order valence-electron chi connectivity index (χ2n) is 9.89. The van der Waals surface area contributed by atoms with Gasteiger partial charge in [0.05, 0.1) is 50.2 Å². The van der Waals surface area contributed by atoms with Crippen molar-refractivity contribution in [1.82, 2.24) is 14.5 Å². The highest BCUT2D eigenvalue weighted by molar-refractivity contribution is 5.91. The number of rotatable bonds is 10. The number of methoxy groups -OCH3 is 3. The van der Waals surface area contributed by atoms with Gasteiger partial charge in [0, 0.05) is 6.54 Å². The molecule has 0 saturated heterocycles. The van der Waals surface area contributed by atoms with E-state index in [1.54, 1.807) is 55.1 Å². The van der Waals surface area contributed by atoms with Gasteiger partial charge < -0.3 is 23.5 Å². The molecular formula is C33H33N3O6. The molecule has 42 heavy (non-hydrogen) atoms. The molecule has 0 spiro atoms. The number of amides is 1. The van der Waals surface area contributed by atoms with Crippen molar-refractivity contribution >= 4 is 16.8 Å². The van der Waals surface area contributed by atoms with Gasteiger partial charge in [-0.15, -0.1) is 0 Å². The monoisotopic (exact) mass is 567 g/mol. The van der Waals surface area contributed by atoms with E-state index in [-0.39, 0.29) is 17.2 Å². The van der Waals surface area contributed by atoms with Gasteiger partial charge in [-0.05, 0) is 79.9 Å². The van der Waals surface area contributed by atoms with Crippen molar-refractivity contribution in [1.29, 1.82) is 0 Å². The number of carbonyl (C=O) groups excluding carboxylic acids is 1. The highest BCUT2D eigenvalue weighted by Gasteiger charge is 2.29. The molecule has 0 radical (unpaired) electrons. The third-order valence-electron chi connectivity index (χ3n) is 7.30. The Kier molecular flexibility index (Phi) is 8.28. The van der Waals surface area contributed by atoms with Crippen LogP contribution in [0.4, 0.5) is 0 Å². The van der Waals surface area contributed by atoms with E-state index in [2.05, 4.69) is 0 Å². The minimum Gasteiger partial charge on any atom is -0.495 e. The van der Waals surface area contributed by atoms with Crippen molar-refractivity contribution in [2.24, 2.45) is 0 Å². The summed E-state index contributed by atoms with van der Waals surface area (Å²) in [6.07, 6.45) is 1.97. The fourth-order valence-corrected chi connectivity index (χ4v) is 5.08. The van der Waals surface area contributed by atoms with Crippen LogP contribution in [0.25, 0.3) is 16.6 Å². The number of aromatic nitrogens is 2. The van der Waals surface area contributed by atoms with Crippen LogP contribution in [0.15, 0.2) is 88.3 Å². The first-order valence-corrected chi connectivity index (χ1v) is 13.6. The lowest BCUT2D eigenvalue weighted by atomic mass is 10.1. The fraction of sp³-hybridized carbons (Fsp3) is 0.242. The number of benzene rings is 3. The molecular weight excluding hydrogens is 534 g/mol. The first kappa shape index (κ1) is 28.5. The van der Waals surface area contributed by atoms with Gasteiger partial charge in [0.25, 0.3) is 11.5 Å². The zero-order chi connectivity index (χ0) is 29.8. The second kappa shape index (κ2) is 12.2. The Hall–Kier alpha value is -5.05. The predicted molar refractivity (Wildman–Crippen MR) is 160 cm³/mol. The Morgan fingerprint density at radius 1 is 0.929 bits per heavy atom. The summed E-state index contributed by atoms with van der Waals surface area (Å²) in [6.45, 7) is 4.12. The lowest BCUT2D eigenvalue weighted by molar-refractivity contribution is 0.0651. The standard InChI is InChI=1S/C33H33N3O6/c1-21-12-14-27(39-3)26(19-21)36-31(34-25-10-7-6-9-24(25)32(36)37)22(2)35(33(38)29-11-8-18-42-29)17-16-23-13-15-28(40-4)30(20-23)41-5/h6-15,18-20,22H,16-17H2,1-5H3. The molecule has 9 nitrogen and oxygen atoms in total. The van der Waals surface area contributed by atoms with Crippen LogP contribution >= 0.6 is 0 Å². The van der Waals surface area contributed by atoms with Gasteiger partial charge in [-0.1, -0.05) is 24.3 Å². The average Bonchev–Trinajstić information content (AvgIpc) is 3.56. The molecule has 216 valence electrons. The summed E-state index contributed by atoms with van der Waals surface area (Å²) in [4.78, 5) is 34.6. The Morgan fingerprint density at radius 2 is 1.67 bits per heavy atom. The smallest absolute Gasteiger partial charge is 0.290 e. The summed E-state index contributed by atoms with van der Waals surface area (Å²) in [7, 11) is 4.73. The third kappa shape index (κ3) is 5.45. The molecule has 1 amide bonds. The van der Waals surface area contributed by atoms with Gasteiger partial charge in [0.15, 0.2) is 17.3 Å². The summed E-state index contributed by atoms with van der Waals surface area (Å²) in [5, 5.41) is 0.464. The number of ether oxygens (including phenoxy) is 3. The molecule has 2 heterocycles. The van der Waals surface area contributed by atoms with Gasteiger partial charge in [0.2, 0.25) is 0 Å². The van der Waals surface area contributed by atoms with E-state index in [4.69, 9.17) is 23.6 Å². The van der Waals surface area contributed by atoms with Crippen LogP contribution in [0.5, 0.6) is 17.2 Å². The van der Waals surface area contributed by atoms with E-state index < -0.39 is 6.04 Å². The van der Waals surface area contributed by atoms with Crippen molar-refractivity contribution in [3.63, 3.8) is 0 Å². The third-order valence-corrected chi connectivity index (χ3v) is 7.30. The summed E-state index contributed by atoms with van der Waals surface area (Å²) in [5.41, 5.74) is 2.73. The number of fused-ring (bicyclic) bond motifs is 1. The highest BCUT2D eigenvalue weighted by atomic mass is 16.5. The van der Waals surface area contributed by atoms with Crippen LogP contribution in [-0.2, 0) is 6.42 Å². The average molecular weight is 568 g/mol. The molecule has 0 aliphatic heterocycles. The zero-order valence-corrected chi connectivity index (χ0v) is 24.3. The number of hydrogen-bond acceptors (Lipinski definition) is 7. The molecule has 5 rings (SSSR count). The Balaban J connectivity index is 1.65. The van der Waals surface area contributed by atoms with Gasteiger partial charge in [-0.2, -0.15) is 0 Å². The molecule has 2 aromatic heterocycles. The number of para-hydroxylation sites is 1. The summed E-state index contributed by atoms with van der Waals surface area (Å²) < 4.78 is 23.6. The topological polar surface area (TPSA) is 96.0 Å². The van der Waals surface area contributed by atoms with Gasteiger partial charge in [-0.25, -0.2) is 4.98 Å². The van der Waals surface area contributed by atoms with E-state index in [1.165, 1.54) is 6.26 Å². The van der Waals surface area contributed by atoms with Crippen LogP contribution in [0, 0.1) is 6.92 Å². The van der Waals surface area contributed by atoms with Crippen molar-refractivity contribution < 1.29 is 23.4 Å². The van der Waals surface area contributed by atoms with Crippen LogP contribution < -0.4 is 19.8 Å². The minimum atomic E-state index is -0.634. The minimum absolute atomic E-state index is 0.192. The highest BCUT2D eigenvalue weighted by Crippen LogP contribution is 2.31. The lowest BCUT2D eigenvalue weighted by Crippen LogP contribution is -2.38. The Bertz CT molecular complexity index is 1780. The van der Waals surface area contributed by atoms with Crippen LogP contribution in [-0.4, -0.2) is 48.2 Å². The maximum atomic E-state index is 14.1. The quantitative estimate of drug-likeness (QED) is 0.212. The first-order chi connectivity index (χ1) is 20.4. The van der Waals surface area contributed by atoms with Crippen LogP contribution in [0.1, 0.15) is 40.5 Å². The molecule has 1 atom stereocenters. The molecule has 5 aromatic rings. The molecule has 0 aliphatic rings. The molecule has 0 bridgehead atoms. The lowest BCUT2D eigenvalue weighted by Gasteiger charge is -2.30. The fourth-order valence-electron chi connectivity index (χ4n) is 5.08. The van der Waals surface area contributed by atoms with Gasteiger partial charge in [0.1, 0.15) is 11.6 Å². The maximum absolute atomic E-state index is 14.1. The number of aryl methyl sites for hydroxylation is 1. The Morgan fingerprint density at radius 3 is 2.38 bits per heavy atom. The summed E-state index contributed by atoms with van der Waals surface area (Å²) in [5.74, 6) is 2.01. The summed E-state index contributed by atoms with van der Waals surface area (Å²) in [6, 6.07) is 21.1. The SMILES string of the molecule is COc1ccc(CCN(C(=O)c2ccco2)C(C)c2nc3ccccc3c(=O)n2-c2cc(C)ccc2OC)cc1OC.